The molecular formula is C22H29FO7P+. The first-order valence-corrected chi connectivity index (χ1v) is 11.8. The maximum absolute atomic E-state index is 17.0. The van der Waals surface area contributed by atoms with Crippen LogP contribution in [0.15, 0.2) is 23.8 Å². The second-order valence-electron chi connectivity index (χ2n) is 10.1. The van der Waals surface area contributed by atoms with Crippen LogP contribution in [0, 0.1) is 28.6 Å². The smallest absolute Gasteiger partial charge is 0.390 e. The van der Waals surface area contributed by atoms with Crippen molar-refractivity contribution in [2.45, 2.75) is 63.8 Å². The lowest BCUT2D eigenvalue weighted by atomic mass is 9.44. The SMILES string of the molecule is C[C@H]1C[C@H]2[C@@H]3CCC4=CC(=O)C=C[C@]4(C)C3(F)[C@@H](O)C[C@]2(C)[C@@]1(O)C(=O)CO[P+](=O)O. The third-order valence-electron chi connectivity index (χ3n) is 8.95. The molecule has 0 aromatic rings. The number of aliphatic hydroxyl groups excluding tert-OH is 1. The third kappa shape index (κ3) is 2.78. The Hall–Kier alpha value is -1.31. The number of alkyl halides is 1. The highest BCUT2D eigenvalue weighted by molar-refractivity contribution is 7.32. The van der Waals surface area contributed by atoms with Gasteiger partial charge in [0.2, 0.25) is 0 Å². The summed E-state index contributed by atoms with van der Waals surface area (Å²) in [4.78, 5) is 33.8. The van der Waals surface area contributed by atoms with Gasteiger partial charge in [0, 0.05) is 21.3 Å². The normalized spacial score (nSPS) is 49.1. The number of ketones is 2. The number of halogens is 1. The van der Waals surface area contributed by atoms with Gasteiger partial charge in [0.05, 0.1) is 6.10 Å². The topological polar surface area (TPSA) is 121 Å². The van der Waals surface area contributed by atoms with Gasteiger partial charge < -0.3 is 10.2 Å². The molecule has 4 aliphatic carbocycles. The van der Waals surface area contributed by atoms with Gasteiger partial charge in [-0.2, -0.15) is 0 Å². The highest BCUT2D eigenvalue weighted by Gasteiger charge is 2.75. The zero-order valence-electron chi connectivity index (χ0n) is 17.9. The number of hydrogen-bond acceptors (Lipinski definition) is 6. The Morgan fingerprint density at radius 2 is 2.03 bits per heavy atom. The zero-order valence-corrected chi connectivity index (χ0v) is 18.8. The van der Waals surface area contributed by atoms with Crippen LogP contribution in [0.2, 0.25) is 0 Å². The van der Waals surface area contributed by atoms with E-state index in [0.717, 1.165) is 0 Å². The first-order chi connectivity index (χ1) is 14.3. The van der Waals surface area contributed by atoms with Crippen molar-refractivity contribution in [1.29, 1.82) is 0 Å². The quantitative estimate of drug-likeness (QED) is 0.557. The van der Waals surface area contributed by atoms with E-state index in [1.807, 2.05) is 0 Å². The molecule has 0 spiro atoms. The van der Waals surface area contributed by atoms with E-state index in [-0.39, 0.29) is 12.2 Å². The second kappa shape index (κ2) is 7.09. The Bertz CT molecular complexity index is 918. The molecule has 170 valence electrons. The van der Waals surface area contributed by atoms with Crippen LogP contribution < -0.4 is 0 Å². The molecule has 3 fully saturated rings. The highest BCUT2D eigenvalue weighted by Crippen LogP contribution is 2.70. The summed E-state index contributed by atoms with van der Waals surface area (Å²) in [5.41, 5.74) is -5.56. The molecule has 0 radical (unpaired) electrons. The molecule has 2 unspecified atom stereocenters. The molecule has 9 atom stereocenters. The van der Waals surface area contributed by atoms with Crippen molar-refractivity contribution in [1.82, 2.24) is 0 Å². The lowest BCUT2D eigenvalue weighted by molar-refractivity contribution is -0.219. The van der Waals surface area contributed by atoms with Crippen molar-refractivity contribution >= 4 is 19.8 Å². The maximum atomic E-state index is 17.0. The Morgan fingerprint density at radius 1 is 1.35 bits per heavy atom. The summed E-state index contributed by atoms with van der Waals surface area (Å²) in [6, 6.07) is 0. The predicted octanol–water partition coefficient (Wildman–Crippen LogP) is 2.57. The molecule has 0 saturated heterocycles. The Labute approximate surface area is 181 Å². The molecule has 0 aromatic carbocycles. The van der Waals surface area contributed by atoms with Crippen molar-refractivity contribution in [2.75, 3.05) is 6.61 Å². The van der Waals surface area contributed by atoms with Gasteiger partial charge in [0.15, 0.2) is 23.8 Å². The Balaban J connectivity index is 1.76. The van der Waals surface area contributed by atoms with E-state index in [2.05, 4.69) is 4.52 Å². The van der Waals surface area contributed by atoms with Crippen LogP contribution in [-0.4, -0.2) is 50.7 Å². The number of rotatable bonds is 4. The number of aliphatic hydroxyl groups is 2. The third-order valence-corrected chi connectivity index (χ3v) is 9.30. The summed E-state index contributed by atoms with van der Waals surface area (Å²) in [6.45, 7) is 4.39. The molecule has 7 nitrogen and oxygen atoms in total. The zero-order chi connectivity index (χ0) is 23.0. The fourth-order valence-electron chi connectivity index (χ4n) is 7.36. The highest BCUT2D eigenvalue weighted by atomic mass is 31.1. The van der Waals surface area contributed by atoms with Gasteiger partial charge in [-0.1, -0.05) is 25.5 Å². The second-order valence-corrected chi connectivity index (χ2v) is 10.8. The van der Waals surface area contributed by atoms with Gasteiger partial charge in [0.25, 0.3) is 0 Å². The Kier molecular flexibility index (Phi) is 5.23. The van der Waals surface area contributed by atoms with Crippen LogP contribution >= 0.6 is 8.25 Å². The van der Waals surface area contributed by atoms with E-state index >= 15 is 4.39 Å². The summed E-state index contributed by atoms with van der Waals surface area (Å²) in [7, 11) is -3.00. The van der Waals surface area contributed by atoms with Crippen molar-refractivity contribution in [3.05, 3.63) is 23.8 Å². The van der Waals surface area contributed by atoms with E-state index in [1.54, 1.807) is 26.8 Å². The van der Waals surface area contributed by atoms with Crippen LogP contribution in [-0.2, 0) is 18.7 Å². The summed E-state index contributed by atoms with van der Waals surface area (Å²) in [5.74, 6) is -2.48. The first-order valence-electron chi connectivity index (χ1n) is 10.7. The van der Waals surface area contributed by atoms with E-state index in [1.165, 1.54) is 12.2 Å². The molecule has 0 aliphatic heterocycles. The van der Waals surface area contributed by atoms with Gasteiger partial charge >= 0.3 is 8.25 Å². The average Bonchev–Trinajstić information content (AvgIpc) is 2.89. The van der Waals surface area contributed by atoms with Crippen LogP contribution in [0.3, 0.4) is 0 Å². The van der Waals surface area contributed by atoms with Crippen molar-refractivity contribution in [2.24, 2.45) is 28.6 Å². The van der Waals surface area contributed by atoms with Crippen molar-refractivity contribution < 1.29 is 38.2 Å². The number of carbonyl (C=O) groups is 2. The van der Waals surface area contributed by atoms with E-state index in [0.29, 0.717) is 24.8 Å². The van der Waals surface area contributed by atoms with Crippen LogP contribution in [0.4, 0.5) is 4.39 Å². The number of allylic oxidation sites excluding steroid dienone is 4. The predicted molar refractivity (Wildman–Crippen MR) is 109 cm³/mol. The van der Waals surface area contributed by atoms with Crippen molar-refractivity contribution in [3.63, 3.8) is 0 Å². The van der Waals surface area contributed by atoms with E-state index < -0.39 is 66.6 Å². The van der Waals surface area contributed by atoms with Crippen LogP contribution in [0.1, 0.15) is 46.5 Å². The molecule has 4 rings (SSSR count). The van der Waals surface area contributed by atoms with E-state index in [9.17, 15) is 24.4 Å². The summed E-state index contributed by atoms with van der Waals surface area (Å²) in [6.07, 6.45) is 4.03. The molecule has 31 heavy (non-hydrogen) atoms. The first kappa shape index (κ1) is 22.9. The fourth-order valence-corrected chi connectivity index (χ4v) is 7.59. The fraction of sp³-hybridized carbons (Fsp3) is 0.727. The maximum Gasteiger partial charge on any atom is 0.695 e. The molecule has 0 bridgehead atoms. The van der Waals surface area contributed by atoms with Gasteiger partial charge in [-0.15, -0.1) is 9.42 Å². The molecule has 9 heteroatoms. The Morgan fingerprint density at radius 3 is 2.68 bits per heavy atom. The van der Waals surface area contributed by atoms with Crippen molar-refractivity contribution in [3.8, 4) is 0 Å². The minimum absolute atomic E-state index is 0.146. The molecule has 0 aromatic heterocycles. The largest absolute Gasteiger partial charge is 0.695 e. The lowest BCUT2D eigenvalue weighted by Crippen LogP contribution is -2.69. The monoisotopic (exact) mass is 455 g/mol. The minimum Gasteiger partial charge on any atom is -0.390 e. The number of hydrogen-bond donors (Lipinski definition) is 3. The molecule has 4 aliphatic rings. The van der Waals surface area contributed by atoms with Crippen LogP contribution in [0.5, 0.6) is 0 Å². The lowest BCUT2D eigenvalue weighted by Gasteiger charge is -2.62. The van der Waals surface area contributed by atoms with E-state index in [4.69, 9.17) is 4.89 Å². The van der Waals surface area contributed by atoms with Gasteiger partial charge in [-0.25, -0.2) is 4.39 Å². The molecule has 0 heterocycles. The van der Waals surface area contributed by atoms with Gasteiger partial charge in [-0.3, -0.25) is 9.59 Å². The number of fused-ring (bicyclic) bond motifs is 5. The molecule has 3 N–H and O–H groups in total. The van der Waals surface area contributed by atoms with Crippen LogP contribution in [0.25, 0.3) is 0 Å². The molecular weight excluding hydrogens is 426 g/mol. The summed E-state index contributed by atoms with van der Waals surface area (Å²) < 4.78 is 32.5. The number of Topliss-reactive ketones (excluding diaryl/α,β-unsaturated/α-hetero) is 1. The van der Waals surface area contributed by atoms with Gasteiger partial charge in [0.1, 0.15) is 5.60 Å². The molecule has 0 amide bonds. The number of carbonyl (C=O) groups excluding carboxylic acids is 2. The average molecular weight is 455 g/mol. The summed E-state index contributed by atoms with van der Waals surface area (Å²) >= 11 is 0. The van der Waals surface area contributed by atoms with Gasteiger partial charge in [-0.05, 0) is 56.6 Å². The minimum atomic E-state index is -3.00. The summed E-state index contributed by atoms with van der Waals surface area (Å²) in [5, 5.41) is 22.8. The molecule has 3 saturated carbocycles. The standard InChI is InChI=1S/C22H28FO7P/c1-12-8-16-15-5-4-13-9-14(24)6-7-19(13,2)21(15,23)17(25)10-20(16,3)22(12,27)18(26)11-30-31(28)29/h6-7,9,12,15-17,25,27H,4-5,8,10-11H2,1-3H3/p+1/t12-,15-,16-,17-,19-,20-,21?,22-/m0/s1.